The second kappa shape index (κ2) is 7.73. The molecular weight excluding hydrogens is 274 g/mol. The zero-order chi connectivity index (χ0) is 15.8. The summed E-state index contributed by atoms with van der Waals surface area (Å²) in [5.74, 6) is 0.387. The van der Waals surface area contributed by atoms with Gasteiger partial charge in [0.25, 0.3) is 5.62 Å². The summed E-state index contributed by atoms with van der Waals surface area (Å²) in [6.45, 7) is 10.1. The van der Waals surface area contributed by atoms with Gasteiger partial charge in [0.05, 0.1) is 6.61 Å². The van der Waals surface area contributed by atoms with Crippen molar-refractivity contribution in [1.82, 2.24) is 9.71 Å². The average Bonchev–Trinajstić information content (AvgIpc) is 2.43. The van der Waals surface area contributed by atoms with Gasteiger partial charge in [-0.1, -0.05) is 12.2 Å². The maximum Gasteiger partial charge on any atom is 0.412 e. The molecule has 0 bridgehead atoms. The molecule has 8 nitrogen and oxygen atoms in total. The van der Waals surface area contributed by atoms with Gasteiger partial charge in [0.15, 0.2) is 5.82 Å². The van der Waals surface area contributed by atoms with E-state index >= 15 is 0 Å². The lowest BCUT2D eigenvalue weighted by Crippen LogP contribution is -2.31. The largest absolute Gasteiger partial charge is 0.450 e. The number of hydrogen-bond donors (Lipinski definition) is 3. The van der Waals surface area contributed by atoms with Crippen LogP contribution >= 0.6 is 0 Å². The van der Waals surface area contributed by atoms with Crippen molar-refractivity contribution >= 4 is 17.7 Å². The Kier molecular flexibility index (Phi) is 5.99. The summed E-state index contributed by atoms with van der Waals surface area (Å²) in [4.78, 5) is 17.1. The van der Waals surface area contributed by atoms with Crippen LogP contribution in [0.15, 0.2) is 31.4 Å². The lowest BCUT2D eigenvalue weighted by atomic mass is 10.4. The molecule has 8 heteroatoms. The fourth-order valence-electron chi connectivity index (χ4n) is 1.58. The minimum Gasteiger partial charge on any atom is -0.450 e. The first-order valence-corrected chi connectivity index (χ1v) is 6.31. The summed E-state index contributed by atoms with van der Waals surface area (Å²) in [6, 6.07) is 1.43. The summed E-state index contributed by atoms with van der Waals surface area (Å²) < 4.78 is 5.19. The monoisotopic (exact) mass is 293 g/mol. The second-order valence-corrected chi connectivity index (χ2v) is 3.96. The molecule has 0 saturated carbocycles. The van der Waals surface area contributed by atoms with E-state index < -0.39 is 11.7 Å². The molecule has 0 aliphatic carbocycles. The number of anilines is 2. The van der Waals surface area contributed by atoms with Gasteiger partial charge in [0, 0.05) is 19.2 Å². The van der Waals surface area contributed by atoms with Crippen molar-refractivity contribution in [2.24, 2.45) is 0 Å². The third-order valence-electron chi connectivity index (χ3n) is 2.44. The van der Waals surface area contributed by atoms with Crippen LogP contribution in [0.4, 0.5) is 16.4 Å². The van der Waals surface area contributed by atoms with Gasteiger partial charge in [-0.05, 0) is 6.92 Å². The highest BCUT2D eigenvalue weighted by atomic mass is 16.5. The van der Waals surface area contributed by atoms with Crippen LogP contribution in [-0.2, 0) is 4.74 Å². The molecule has 0 saturated heterocycles. The van der Waals surface area contributed by atoms with Crippen LogP contribution in [0, 0.1) is 5.41 Å². The van der Waals surface area contributed by atoms with Crippen molar-refractivity contribution in [3.63, 3.8) is 0 Å². The van der Waals surface area contributed by atoms with Gasteiger partial charge in [0.1, 0.15) is 5.82 Å². The molecule has 1 amide bonds. The van der Waals surface area contributed by atoms with E-state index in [1.807, 2.05) is 0 Å². The lowest BCUT2D eigenvalue weighted by molar-refractivity contribution is 0.158. The predicted octanol–water partition coefficient (Wildman–Crippen LogP) is 1.35. The van der Waals surface area contributed by atoms with E-state index in [1.54, 1.807) is 24.0 Å². The summed E-state index contributed by atoms with van der Waals surface area (Å²) >= 11 is 0. The van der Waals surface area contributed by atoms with Crippen molar-refractivity contribution in [2.75, 3.05) is 29.9 Å². The number of hydrogen-bond acceptors (Lipinski definition) is 6. The summed E-state index contributed by atoms with van der Waals surface area (Å²) in [6.07, 6.45) is 2.62. The zero-order valence-electron chi connectivity index (χ0n) is 11.9. The zero-order valence-corrected chi connectivity index (χ0v) is 11.9. The standard InChI is InChI=1S/C13H19N5O3/c1-4-7-17(8-5-2)10-9-11(16-13(19)21-6-3)18(20)12(14)15-10/h4-5,9,14,20H,1-2,6-8H2,3H3,(H,16,19). The lowest BCUT2D eigenvalue weighted by Gasteiger charge is -2.21. The third kappa shape index (κ3) is 4.37. The molecule has 21 heavy (non-hydrogen) atoms. The highest BCUT2D eigenvalue weighted by molar-refractivity contribution is 5.83. The Labute approximate surface area is 122 Å². The van der Waals surface area contributed by atoms with Crippen LogP contribution in [0.5, 0.6) is 0 Å². The topological polar surface area (TPSA) is 103 Å². The molecule has 0 radical (unpaired) electrons. The average molecular weight is 293 g/mol. The Morgan fingerprint density at radius 1 is 1.57 bits per heavy atom. The second-order valence-electron chi connectivity index (χ2n) is 3.96. The first kappa shape index (κ1) is 16.3. The van der Waals surface area contributed by atoms with Crippen molar-refractivity contribution in [3.05, 3.63) is 37.0 Å². The van der Waals surface area contributed by atoms with E-state index in [1.165, 1.54) is 6.07 Å². The molecule has 0 aromatic carbocycles. The van der Waals surface area contributed by atoms with Gasteiger partial charge >= 0.3 is 6.09 Å². The summed E-state index contributed by atoms with van der Waals surface area (Å²) in [5, 5.41) is 19.7. The smallest absolute Gasteiger partial charge is 0.412 e. The quantitative estimate of drug-likeness (QED) is 0.520. The van der Waals surface area contributed by atoms with Crippen molar-refractivity contribution < 1.29 is 14.7 Å². The first-order valence-electron chi connectivity index (χ1n) is 6.31. The minimum absolute atomic E-state index is 0.0124. The normalized spacial score (nSPS) is 9.76. The Hall–Kier alpha value is -2.77. The molecule has 3 N–H and O–H groups in total. The van der Waals surface area contributed by atoms with E-state index in [0.29, 0.717) is 23.6 Å². The Morgan fingerprint density at radius 2 is 2.19 bits per heavy atom. The molecule has 1 rings (SSSR count). The van der Waals surface area contributed by atoms with Crippen LogP contribution < -0.4 is 15.8 Å². The van der Waals surface area contributed by atoms with Gasteiger partial charge < -0.3 is 14.8 Å². The predicted molar refractivity (Wildman–Crippen MR) is 78.5 cm³/mol. The fraction of sp³-hybridized carbons (Fsp3) is 0.308. The highest BCUT2D eigenvalue weighted by Crippen LogP contribution is 2.14. The van der Waals surface area contributed by atoms with Gasteiger partial charge in [-0.2, -0.15) is 4.98 Å². The van der Waals surface area contributed by atoms with Crippen LogP contribution in [0.3, 0.4) is 0 Å². The highest BCUT2D eigenvalue weighted by Gasteiger charge is 2.13. The first-order chi connectivity index (χ1) is 10.0. The van der Waals surface area contributed by atoms with Gasteiger partial charge in [0.2, 0.25) is 0 Å². The molecule has 0 aliphatic rings. The molecular formula is C13H19N5O3. The van der Waals surface area contributed by atoms with Crippen molar-refractivity contribution in [1.29, 1.82) is 5.41 Å². The molecule has 0 unspecified atom stereocenters. The molecule has 0 aliphatic heterocycles. The van der Waals surface area contributed by atoms with E-state index in [4.69, 9.17) is 10.1 Å². The molecule has 0 spiro atoms. The van der Waals surface area contributed by atoms with E-state index in [2.05, 4.69) is 23.5 Å². The number of amides is 1. The maximum absolute atomic E-state index is 11.4. The summed E-state index contributed by atoms with van der Waals surface area (Å²) in [5.41, 5.74) is -0.419. The van der Waals surface area contributed by atoms with Crippen molar-refractivity contribution in [3.8, 4) is 0 Å². The van der Waals surface area contributed by atoms with Gasteiger partial charge in [-0.3, -0.25) is 10.7 Å². The molecule has 1 aromatic rings. The molecule has 0 fully saturated rings. The van der Waals surface area contributed by atoms with Crippen LogP contribution in [-0.4, -0.2) is 40.7 Å². The molecule has 114 valence electrons. The summed E-state index contributed by atoms with van der Waals surface area (Å²) in [7, 11) is 0. The van der Waals surface area contributed by atoms with E-state index in [9.17, 15) is 10.0 Å². The molecule has 0 atom stereocenters. The third-order valence-corrected chi connectivity index (χ3v) is 2.44. The fourth-order valence-corrected chi connectivity index (χ4v) is 1.58. The van der Waals surface area contributed by atoms with Crippen LogP contribution in [0.25, 0.3) is 0 Å². The molecule has 1 aromatic heterocycles. The minimum atomic E-state index is -0.726. The Balaban J connectivity index is 3.14. The Morgan fingerprint density at radius 3 is 2.71 bits per heavy atom. The van der Waals surface area contributed by atoms with Gasteiger partial charge in [-0.25, -0.2) is 4.79 Å². The SMILES string of the molecule is C=CCN(CC=C)c1cc(NC(=O)OCC)n(O)c(=N)n1. The number of nitrogens with zero attached hydrogens (tertiary/aromatic N) is 3. The Bertz CT molecular complexity index is 572. The number of aromatic nitrogens is 2. The molecule has 1 heterocycles. The van der Waals surface area contributed by atoms with E-state index in [-0.39, 0.29) is 12.4 Å². The number of carbonyl (C=O) groups excluding carboxylic acids is 1. The number of ether oxygens (including phenoxy) is 1. The van der Waals surface area contributed by atoms with Crippen molar-refractivity contribution in [2.45, 2.75) is 6.92 Å². The number of nitrogens with one attached hydrogen (secondary N) is 2. The van der Waals surface area contributed by atoms with Crippen LogP contribution in [0.2, 0.25) is 0 Å². The maximum atomic E-state index is 11.4. The van der Waals surface area contributed by atoms with Gasteiger partial charge in [-0.15, -0.1) is 17.9 Å². The number of carbonyl (C=O) groups is 1. The number of rotatable bonds is 7. The van der Waals surface area contributed by atoms with E-state index in [0.717, 1.165) is 0 Å². The van der Waals surface area contributed by atoms with Crippen LogP contribution in [0.1, 0.15) is 6.92 Å².